The molecule has 0 spiro atoms. The molecule has 0 aromatic heterocycles. The second-order valence-corrected chi connectivity index (χ2v) is 6.20. The minimum Gasteiger partial charge on any atom is -0.504 e. The van der Waals surface area contributed by atoms with E-state index in [1.165, 1.54) is 57.7 Å². The summed E-state index contributed by atoms with van der Waals surface area (Å²) in [7, 11) is 3.74. The second kappa shape index (κ2) is 11.2. The van der Waals surface area contributed by atoms with Gasteiger partial charge >= 0.3 is 17.9 Å². The molecule has 0 radical (unpaired) electrons. The molecule has 32 heavy (non-hydrogen) atoms. The number of hydrogen-bond acceptors (Lipinski definition) is 9. The zero-order valence-corrected chi connectivity index (χ0v) is 17.5. The highest BCUT2D eigenvalue weighted by molar-refractivity contribution is 6.00. The summed E-state index contributed by atoms with van der Waals surface area (Å²) in [5.74, 6) is -2.72. The quantitative estimate of drug-likeness (QED) is 0.357. The van der Waals surface area contributed by atoms with E-state index in [-0.39, 0.29) is 28.3 Å². The van der Waals surface area contributed by atoms with E-state index in [2.05, 4.69) is 14.8 Å². The maximum absolute atomic E-state index is 12.1. The Morgan fingerprint density at radius 1 is 0.938 bits per heavy atom. The lowest BCUT2D eigenvalue weighted by molar-refractivity contribution is -0.142. The third-order valence-electron chi connectivity index (χ3n) is 4.02. The fraction of sp³-hybridized carbons (Fsp3) is 0.182. The van der Waals surface area contributed by atoms with Crippen molar-refractivity contribution in [3.63, 3.8) is 0 Å². The summed E-state index contributed by atoms with van der Waals surface area (Å²) >= 11 is 0. The van der Waals surface area contributed by atoms with E-state index in [1.807, 2.05) is 0 Å². The Morgan fingerprint density at radius 2 is 1.56 bits per heavy atom. The van der Waals surface area contributed by atoms with Gasteiger partial charge in [-0.05, 0) is 42.0 Å². The van der Waals surface area contributed by atoms with Gasteiger partial charge in [-0.3, -0.25) is 4.79 Å². The Kier molecular flexibility index (Phi) is 8.35. The number of carbonyl (C=O) groups is 4. The summed E-state index contributed by atoms with van der Waals surface area (Å²) < 4.78 is 19.1. The van der Waals surface area contributed by atoms with Gasteiger partial charge in [0.15, 0.2) is 18.1 Å². The third-order valence-corrected chi connectivity index (χ3v) is 4.02. The predicted molar refractivity (Wildman–Crippen MR) is 112 cm³/mol. The third kappa shape index (κ3) is 6.59. The number of amides is 1. The Bertz CT molecular complexity index is 1030. The smallest absolute Gasteiger partial charge is 0.337 e. The molecule has 0 fully saturated rings. The van der Waals surface area contributed by atoms with E-state index < -0.39 is 30.4 Å². The average molecular weight is 443 g/mol. The van der Waals surface area contributed by atoms with Crippen LogP contribution in [0.5, 0.6) is 11.5 Å². The zero-order valence-electron chi connectivity index (χ0n) is 17.5. The van der Waals surface area contributed by atoms with Crippen LogP contribution < -0.4 is 10.1 Å². The number of anilines is 1. The van der Waals surface area contributed by atoms with E-state index in [1.54, 1.807) is 6.07 Å². The van der Waals surface area contributed by atoms with Crippen LogP contribution in [-0.2, 0) is 23.8 Å². The highest BCUT2D eigenvalue weighted by Gasteiger charge is 2.15. The van der Waals surface area contributed by atoms with Crippen LogP contribution in [-0.4, -0.2) is 56.9 Å². The van der Waals surface area contributed by atoms with Crippen LogP contribution in [0.15, 0.2) is 42.5 Å². The molecule has 0 atom stereocenters. The molecule has 1 amide bonds. The van der Waals surface area contributed by atoms with Gasteiger partial charge < -0.3 is 29.4 Å². The first kappa shape index (κ1) is 23.9. The van der Waals surface area contributed by atoms with Gasteiger partial charge in [0.2, 0.25) is 0 Å². The lowest BCUT2D eigenvalue weighted by Crippen LogP contribution is -2.20. The molecule has 2 N–H and O–H groups in total. The first-order valence-corrected chi connectivity index (χ1v) is 9.10. The minimum absolute atomic E-state index is 0.0231. The monoisotopic (exact) mass is 443 g/mol. The fourth-order valence-electron chi connectivity index (χ4n) is 2.52. The Labute approximate surface area is 183 Å². The summed E-state index contributed by atoms with van der Waals surface area (Å²) in [4.78, 5) is 47.6. The van der Waals surface area contributed by atoms with Gasteiger partial charge in [0.05, 0.1) is 32.5 Å². The van der Waals surface area contributed by atoms with Crippen molar-refractivity contribution in [3.05, 3.63) is 59.2 Å². The standard InChI is InChI=1S/C22H21NO9/c1-29-18-8-13(4-6-17(18)24)5-7-20(26)32-12-19(25)23-16-10-14(21(27)30-2)9-15(11-16)22(28)31-3/h4-11,24H,12H2,1-3H3,(H,23,25)/b7-5+. The van der Waals surface area contributed by atoms with Crippen LogP contribution in [0.25, 0.3) is 6.08 Å². The highest BCUT2D eigenvalue weighted by Crippen LogP contribution is 2.26. The van der Waals surface area contributed by atoms with Crippen molar-refractivity contribution in [1.29, 1.82) is 0 Å². The topological polar surface area (TPSA) is 137 Å². The predicted octanol–water partition coefficient (Wildman–Crippen LogP) is 2.17. The number of aromatic hydroxyl groups is 1. The molecule has 10 nitrogen and oxygen atoms in total. The van der Waals surface area contributed by atoms with Crippen molar-refractivity contribution in [1.82, 2.24) is 0 Å². The van der Waals surface area contributed by atoms with Crippen molar-refractivity contribution in [2.24, 2.45) is 0 Å². The lowest BCUT2D eigenvalue weighted by atomic mass is 10.1. The number of nitrogens with one attached hydrogen (secondary N) is 1. The molecular formula is C22H21NO9. The van der Waals surface area contributed by atoms with Gasteiger partial charge in [0.25, 0.3) is 5.91 Å². The maximum atomic E-state index is 12.1. The summed E-state index contributed by atoms with van der Waals surface area (Å²) in [5.41, 5.74) is 0.724. The number of methoxy groups -OCH3 is 3. The van der Waals surface area contributed by atoms with E-state index in [0.717, 1.165) is 6.08 Å². The normalized spacial score (nSPS) is 10.3. The molecule has 2 aromatic rings. The molecule has 0 aliphatic carbocycles. The van der Waals surface area contributed by atoms with Crippen molar-refractivity contribution < 1.29 is 43.2 Å². The van der Waals surface area contributed by atoms with Gasteiger partial charge in [-0.25, -0.2) is 14.4 Å². The first-order chi connectivity index (χ1) is 15.3. The molecule has 0 saturated carbocycles. The van der Waals surface area contributed by atoms with Crippen LogP contribution in [0.2, 0.25) is 0 Å². The van der Waals surface area contributed by atoms with Crippen LogP contribution in [0.4, 0.5) is 5.69 Å². The fourth-order valence-corrected chi connectivity index (χ4v) is 2.52. The molecule has 0 aliphatic heterocycles. The molecule has 10 heteroatoms. The van der Waals surface area contributed by atoms with Crippen molar-refractivity contribution in [2.45, 2.75) is 0 Å². The van der Waals surface area contributed by atoms with Gasteiger partial charge in [-0.1, -0.05) is 6.07 Å². The molecule has 0 unspecified atom stereocenters. The average Bonchev–Trinajstić information content (AvgIpc) is 2.80. The maximum Gasteiger partial charge on any atom is 0.337 e. The summed E-state index contributed by atoms with van der Waals surface area (Å²) in [6.45, 7) is -0.613. The molecular weight excluding hydrogens is 422 g/mol. The molecule has 0 bridgehead atoms. The van der Waals surface area contributed by atoms with Crippen LogP contribution in [0.1, 0.15) is 26.3 Å². The van der Waals surface area contributed by atoms with Gasteiger partial charge in [0.1, 0.15) is 0 Å². The number of carbonyl (C=O) groups excluding carboxylic acids is 4. The van der Waals surface area contributed by atoms with Crippen molar-refractivity contribution >= 4 is 35.6 Å². The highest BCUT2D eigenvalue weighted by atomic mass is 16.5. The second-order valence-electron chi connectivity index (χ2n) is 6.20. The van der Waals surface area contributed by atoms with E-state index in [0.29, 0.717) is 5.56 Å². The molecule has 168 valence electrons. The Morgan fingerprint density at radius 3 is 2.12 bits per heavy atom. The zero-order chi connectivity index (χ0) is 23.7. The first-order valence-electron chi connectivity index (χ1n) is 9.10. The van der Waals surface area contributed by atoms with E-state index >= 15 is 0 Å². The lowest BCUT2D eigenvalue weighted by Gasteiger charge is -2.09. The van der Waals surface area contributed by atoms with Gasteiger partial charge in [-0.15, -0.1) is 0 Å². The number of rotatable bonds is 8. The number of ether oxygens (including phenoxy) is 4. The van der Waals surface area contributed by atoms with Crippen LogP contribution in [0, 0.1) is 0 Å². The SMILES string of the molecule is COC(=O)c1cc(NC(=O)COC(=O)/C=C/c2ccc(O)c(OC)c2)cc(C(=O)OC)c1. The summed E-state index contributed by atoms with van der Waals surface area (Å²) in [6.07, 6.45) is 2.52. The molecule has 0 heterocycles. The van der Waals surface area contributed by atoms with Crippen LogP contribution in [0.3, 0.4) is 0 Å². The van der Waals surface area contributed by atoms with Crippen molar-refractivity contribution in [3.8, 4) is 11.5 Å². The molecule has 0 saturated heterocycles. The Balaban J connectivity index is 2.00. The largest absolute Gasteiger partial charge is 0.504 e. The number of benzene rings is 2. The van der Waals surface area contributed by atoms with Gasteiger partial charge in [0, 0.05) is 11.8 Å². The van der Waals surface area contributed by atoms with E-state index in [9.17, 15) is 24.3 Å². The van der Waals surface area contributed by atoms with Crippen LogP contribution >= 0.6 is 0 Å². The summed E-state index contributed by atoms with van der Waals surface area (Å²) in [6, 6.07) is 8.34. The molecule has 2 aromatic carbocycles. The summed E-state index contributed by atoms with van der Waals surface area (Å²) in [5, 5.41) is 12.0. The number of esters is 3. The molecule has 0 aliphatic rings. The van der Waals surface area contributed by atoms with Crippen molar-refractivity contribution in [2.75, 3.05) is 33.3 Å². The Hall–Kier alpha value is -4.34. The number of phenolic OH excluding ortho intramolecular Hbond substituents is 1. The number of hydrogen-bond donors (Lipinski definition) is 2. The van der Waals surface area contributed by atoms with Gasteiger partial charge in [-0.2, -0.15) is 0 Å². The molecule has 2 rings (SSSR count). The van der Waals surface area contributed by atoms with E-state index in [4.69, 9.17) is 9.47 Å². The number of phenols is 1. The minimum atomic E-state index is -0.786.